The third-order valence-electron chi connectivity index (χ3n) is 3.25. The van der Waals surface area contributed by atoms with Gasteiger partial charge in [-0.3, -0.25) is 4.79 Å². The number of aryl methyl sites for hydroxylation is 3. The molecule has 0 fully saturated rings. The number of hydrogen-bond donors (Lipinski definition) is 1. The molecule has 0 spiro atoms. The average molecular weight is 240 g/mol. The van der Waals surface area contributed by atoms with Gasteiger partial charge in [-0.05, 0) is 44.4 Å². The topological polar surface area (TPSA) is 56.6 Å². The first kappa shape index (κ1) is 12.4. The number of nitrogens with zero attached hydrogens (tertiary/aromatic N) is 1. The van der Waals surface area contributed by atoms with Crippen LogP contribution in [0.4, 0.5) is 0 Å². The van der Waals surface area contributed by atoms with Crippen LogP contribution in [0.1, 0.15) is 28.8 Å². The minimum absolute atomic E-state index is 0.0586. The maximum absolute atomic E-state index is 12.4. The summed E-state index contributed by atoms with van der Waals surface area (Å²) in [4.78, 5) is 15.7. The Balaban J connectivity index is 2.77. The van der Waals surface area contributed by atoms with Crippen LogP contribution in [0.25, 0.3) is 10.9 Å². The minimum atomic E-state index is 0.0586. The van der Waals surface area contributed by atoms with Gasteiger partial charge < -0.3 is 4.98 Å². The Kier molecular flexibility index (Phi) is 3.20. The van der Waals surface area contributed by atoms with E-state index in [1.807, 2.05) is 26.8 Å². The Hall–Kier alpha value is -2.08. The van der Waals surface area contributed by atoms with Crippen LogP contribution in [0.15, 0.2) is 16.9 Å². The monoisotopic (exact) mass is 240 g/mol. The first-order chi connectivity index (χ1) is 8.54. The molecule has 1 heterocycles. The van der Waals surface area contributed by atoms with Crippen molar-refractivity contribution in [3.63, 3.8) is 0 Å². The van der Waals surface area contributed by atoms with Gasteiger partial charge in [-0.15, -0.1) is 0 Å². The van der Waals surface area contributed by atoms with Crippen molar-refractivity contribution in [1.82, 2.24) is 4.98 Å². The summed E-state index contributed by atoms with van der Waals surface area (Å²) in [5.41, 5.74) is 4.73. The van der Waals surface area contributed by atoms with Crippen LogP contribution in [0.3, 0.4) is 0 Å². The smallest absolute Gasteiger partial charge is 0.192 e. The van der Waals surface area contributed by atoms with Crippen LogP contribution >= 0.6 is 0 Å². The summed E-state index contributed by atoms with van der Waals surface area (Å²) < 4.78 is 0. The van der Waals surface area contributed by atoms with Gasteiger partial charge in [0, 0.05) is 23.1 Å². The number of pyridine rings is 1. The average Bonchev–Trinajstić information content (AvgIpc) is 2.31. The largest absolute Gasteiger partial charge is 0.358 e. The molecule has 0 amide bonds. The Bertz CT molecular complexity index is 705. The highest BCUT2D eigenvalue weighted by molar-refractivity contribution is 5.83. The molecular weight excluding hydrogens is 224 g/mol. The molecule has 0 aliphatic rings. The van der Waals surface area contributed by atoms with Crippen molar-refractivity contribution in [3.8, 4) is 6.07 Å². The van der Waals surface area contributed by atoms with E-state index in [0.717, 1.165) is 33.3 Å². The molecule has 0 saturated heterocycles. The van der Waals surface area contributed by atoms with E-state index < -0.39 is 0 Å². The number of fused-ring (bicyclic) bond motifs is 1. The maximum atomic E-state index is 12.4. The summed E-state index contributed by atoms with van der Waals surface area (Å²) in [5.74, 6) is 0. The quantitative estimate of drug-likeness (QED) is 0.877. The number of aromatic nitrogens is 1. The molecule has 0 atom stereocenters. The van der Waals surface area contributed by atoms with Crippen molar-refractivity contribution in [3.05, 3.63) is 44.7 Å². The van der Waals surface area contributed by atoms with Crippen LogP contribution < -0.4 is 5.43 Å². The standard InChI is InChI=1S/C15H16N2O/c1-9-7-10(2)14-13(8-9)15(18)12(5-4-6-16)11(3)17-14/h7-8H,4-5H2,1-3H3,(H,17,18). The highest BCUT2D eigenvalue weighted by Gasteiger charge is 2.10. The second-order valence-electron chi connectivity index (χ2n) is 4.72. The molecule has 0 bridgehead atoms. The van der Waals surface area contributed by atoms with Crippen molar-refractivity contribution in [1.29, 1.82) is 5.26 Å². The predicted octanol–water partition coefficient (Wildman–Crippen LogP) is 2.91. The summed E-state index contributed by atoms with van der Waals surface area (Å²) in [6.45, 7) is 5.88. The Morgan fingerprint density at radius 3 is 2.67 bits per heavy atom. The van der Waals surface area contributed by atoms with Crippen LogP contribution in [0.5, 0.6) is 0 Å². The lowest BCUT2D eigenvalue weighted by Crippen LogP contribution is -2.14. The fourth-order valence-corrected chi connectivity index (χ4v) is 2.39. The van der Waals surface area contributed by atoms with Gasteiger partial charge in [0.25, 0.3) is 0 Å². The van der Waals surface area contributed by atoms with Gasteiger partial charge in [-0.2, -0.15) is 5.26 Å². The molecule has 18 heavy (non-hydrogen) atoms. The van der Waals surface area contributed by atoms with E-state index in [1.165, 1.54) is 0 Å². The van der Waals surface area contributed by atoms with Crippen molar-refractivity contribution in [2.24, 2.45) is 0 Å². The Morgan fingerprint density at radius 2 is 2.00 bits per heavy atom. The van der Waals surface area contributed by atoms with Gasteiger partial charge in [0.05, 0.1) is 11.6 Å². The lowest BCUT2D eigenvalue weighted by atomic mass is 10.0. The van der Waals surface area contributed by atoms with E-state index in [1.54, 1.807) is 0 Å². The zero-order valence-corrected chi connectivity index (χ0v) is 10.9. The summed E-state index contributed by atoms with van der Waals surface area (Å²) in [6.07, 6.45) is 0.890. The summed E-state index contributed by atoms with van der Waals surface area (Å²) in [6, 6.07) is 6.06. The third kappa shape index (κ3) is 2.02. The number of hydrogen-bond acceptors (Lipinski definition) is 2. The fourth-order valence-electron chi connectivity index (χ4n) is 2.39. The molecule has 0 aliphatic heterocycles. The van der Waals surface area contributed by atoms with Crippen LogP contribution in [0, 0.1) is 32.1 Å². The minimum Gasteiger partial charge on any atom is -0.358 e. The number of nitriles is 1. The van der Waals surface area contributed by atoms with Crippen LogP contribution in [-0.4, -0.2) is 4.98 Å². The molecule has 3 heteroatoms. The van der Waals surface area contributed by atoms with E-state index in [0.29, 0.717) is 12.8 Å². The molecule has 1 N–H and O–H groups in total. The summed E-state index contributed by atoms with van der Waals surface area (Å²) in [5, 5.41) is 9.38. The number of nitrogens with one attached hydrogen (secondary N) is 1. The van der Waals surface area contributed by atoms with E-state index >= 15 is 0 Å². The predicted molar refractivity (Wildman–Crippen MR) is 72.7 cm³/mol. The van der Waals surface area contributed by atoms with Gasteiger partial charge in [0.1, 0.15) is 0 Å². The van der Waals surface area contributed by atoms with Crippen molar-refractivity contribution in [2.45, 2.75) is 33.6 Å². The van der Waals surface area contributed by atoms with Crippen LogP contribution in [0.2, 0.25) is 0 Å². The molecule has 3 nitrogen and oxygen atoms in total. The fraction of sp³-hybridized carbons (Fsp3) is 0.333. The van der Waals surface area contributed by atoms with Gasteiger partial charge in [-0.25, -0.2) is 0 Å². The van der Waals surface area contributed by atoms with E-state index in [-0.39, 0.29) is 5.43 Å². The third-order valence-corrected chi connectivity index (χ3v) is 3.25. The Morgan fingerprint density at radius 1 is 1.28 bits per heavy atom. The molecule has 0 aliphatic carbocycles. The van der Waals surface area contributed by atoms with Gasteiger partial charge in [0.15, 0.2) is 5.43 Å². The molecule has 0 radical (unpaired) electrons. The molecule has 92 valence electrons. The first-order valence-corrected chi connectivity index (χ1v) is 6.04. The number of benzene rings is 1. The van der Waals surface area contributed by atoms with Crippen molar-refractivity contribution in [2.75, 3.05) is 0 Å². The molecular formula is C15H16N2O. The highest BCUT2D eigenvalue weighted by Crippen LogP contribution is 2.18. The highest BCUT2D eigenvalue weighted by atomic mass is 16.1. The Labute approximate surface area is 106 Å². The lowest BCUT2D eigenvalue weighted by Gasteiger charge is -2.09. The van der Waals surface area contributed by atoms with E-state index in [4.69, 9.17) is 5.26 Å². The van der Waals surface area contributed by atoms with Gasteiger partial charge >= 0.3 is 0 Å². The van der Waals surface area contributed by atoms with E-state index in [2.05, 4.69) is 17.1 Å². The molecule has 0 unspecified atom stereocenters. The second-order valence-corrected chi connectivity index (χ2v) is 4.72. The number of rotatable bonds is 2. The summed E-state index contributed by atoms with van der Waals surface area (Å²) in [7, 11) is 0. The van der Waals surface area contributed by atoms with Crippen LogP contribution in [-0.2, 0) is 6.42 Å². The zero-order chi connectivity index (χ0) is 13.3. The van der Waals surface area contributed by atoms with Gasteiger partial charge in [-0.1, -0.05) is 6.07 Å². The molecule has 0 saturated carbocycles. The second kappa shape index (κ2) is 4.66. The van der Waals surface area contributed by atoms with Crippen molar-refractivity contribution < 1.29 is 0 Å². The molecule has 1 aromatic heterocycles. The first-order valence-electron chi connectivity index (χ1n) is 6.04. The number of H-pyrrole nitrogens is 1. The van der Waals surface area contributed by atoms with E-state index in [9.17, 15) is 4.79 Å². The zero-order valence-electron chi connectivity index (χ0n) is 10.9. The molecule has 1 aromatic carbocycles. The number of aromatic amines is 1. The normalized spacial score (nSPS) is 10.6. The summed E-state index contributed by atoms with van der Waals surface area (Å²) >= 11 is 0. The van der Waals surface area contributed by atoms with Crippen molar-refractivity contribution >= 4 is 10.9 Å². The SMILES string of the molecule is Cc1cc(C)c2[nH]c(C)c(CCC#N)c(=O)c2c1. The molecule has 2 aromatic rings. The molecule has 2 rings (SSSR count). The maximum Gasteiger partial charge on any atom is 0.192 e. The van der Waals surface area contributed by atoms with Gasteiger partial charge in [0.2, 0.25) is 0 Å². The lowest BCUT2D eigenvalue weighted by molar-refractivity contribution is 0.966.